The van der Waals surface area contributed by atoms with Crippen molar-refractivity contribution in [2.45, 2.75) is 109 Å². The predicted molar refractivity (Wildman–Crippen MR) is 175 cm³/mol. The smallest absolute Gasteiger partial charge is 0.417 e. The van der Waals surface area contributed by atoms with Crippen LogP contribution in [0.25, 0.3) is 0 Å². The second-order valence-corrected chi connectivity index (χ2v) is 11.5. The molecule has 0 aromatic heterocycles. The molecule has 13 nitrogen and oxygen atoms in total. The number of imide groups is 1. The van der Waals surface area contributed by atoms with Crippen molar-refractivity contribution in [1.29, 1.82) is 5.41 Å². The van der Waals surface area contributed by atoms with Crippen molar-refractivity contribution in [3.8, 4) is 0 Å². The van der Waals surface area contributed by atoms with E-state index in [2.05, 4.69) is 24.5 Å². The van der Waals surface area contributed by atoms with Crippen molar-refractivity contribution >= 4 is 42.2 Å². The molecule has 0 saturated carbocycles. The fraction of sp³-hybridized carbons (Fsp3) is 0.656. The molecule has 0 aliphatic carbocycles. The molecule has 2 heterocycles. The minimum absolute atomic E-state index is 0. The first kappa shape index (κ1) is 38.8. The molecule has 14 heteroatoms. The number of nitrogens with zero attached hydrogens (tertiary/aromatic N) is 2. The summed E-state index contributed by atoms with van der Waals surface area (Å²) in [4.78, 5) is 55.6. The Morgan fingerprint density at radius 1 is 1.02 bits per heavy atom. The Morgan fingerprint density at radius 3 is 2.33 bits per heavy atom. The van der Waals surface area contributed by atoms with E-state index in [9.17, 15) is 19.2 Å². The predicted octanol–water partition coefficient (Wildman–Crippen LogP) is 3.43. The van der Waals surface area contributed by atoms with Crippen molar-refractivity contribution in [3.63, 3.8) is 0 Å². The third-order valence-electron chi connectivity index (χ3n) is 7.96. The van der Waals surface area contributed by atoms with Gasteiger partial charge >= 0.3 is 6.09 Å². The van der Waals surface area contributed by atoms with E-state index in [1.807, 2.05) is 18.2 Å². The van der Waals surface area contributed by atoms with E-state index in [1.54, 1.807) is 12.1 Å². The maximum absolute atomic E-state index is 13.8. The number of likely N-dealkylation sites (tertiary alicyclic amines) is 2. The molecule has 5 N–H and O–H groups in total. The van der Waals surface area contributed by atoms with Crippen LogP contribution in [0.3, 0.4) is 0 Å². The molecule has 2 fully saturated rings. The van der Waals surface area contributed by atoms with Crippen LogP contribution in [0.5, 0.6) is 0 Å². The van der Waals surface area contributed by atoms with Gasteiger partial charge in [0.15, 0.2) is 12.2 Å². The quantitative estimate of drug-likeness (QED) is 0.0791. The van der Waals surface area contributed by atoms with Gasteiger partial charge in [0.05, 0.1) is 6.04 Å². The fourth-order valence-corrected chi connectivity index (χ4v) is 5.50. The Bertz CT molecular complexity index is 1120. The number of rotatable bonds is 18. The standard InChI is InChI=1S/C32H50N6O7.ClH/c1-3-5-20-43-30(44-21-6-4-2)24(14-10-18-35-31(33)34)36-28(40)25-15-11-19-37(25)29(41)26-16-17-27(39)38(26)32(42)45-22-23-12-8-7-9-13-23;/h7-9,12-13,24-26,30H,3-6,10-11,14-22H2,1-2H3,(H,36,40)(H4,33,34,35);1H/t24-,25-,26-;/m0./s1. The van der Waals surface area contributed by atoms with Gasteiger partial charge in [-0.2, -0.15) is 0 Å². The zero-order valence-electron chi connectivity index (χ0n) is 27.0. The number of carbonyl (C=O) groups excluding carboxylic acids is 4. The van der Waals surface area contributed by atoms with Gasteiger partial charge in [-0.05, 0) is 50.5 Å². The highest BCUT2D eigenvalue weighted by molar-refractivity contribution is 6.01. The largest absolute Gasteiger partial charge is 0.444 e. The van der Waals surface area contributed by atoms with E-state index < -0.39 is 42.3 Å². The maximum atomic E-state index is 13.8. The lowest BCUT2D eigenvalue weighted by Gasteiger charge is -2.32. The van der Waals surface area contributed by atoms with Crippen molar-refractivity contribution in [3.05, 3.63) is 35.9 Å². The second kappa shape index (κ2) is 20.7. The van der Waals surface area contributed by atoms with E-state index in [0.717, 1.165) is 36.1 Å². The normalized spacial score (nSPS) is 18.3. The average Bonchev–Trinajstić information content (AvgIpc) is 3.68. The topological polar surface area (TPSA) is 176 Å². The first-order valence-corrected chi connectivity index (χ1v) is 16.2. The van der Waals surface area contributed by atoms with Gasteiger partial charge < -0.3 is 35.5 Å². The molecule has 2 saturated heterocycles. The Balaban J connectivity index is 0.00000736. The number of carbonyl (C=O) groups is 4. The van der Waals surface area contributed by atoms with Crippen LogP contribution in [0.15, 0.2) is 30.3 Å². The van der Waals surface area contributed by atoms with Gasteiger partial charge in [0.25, 0.3) is 0 Å². The third-order valence-corrected chi connectivity index (χ3v) is 7.96. The van der Waals surface area contributed by atoms with Gasteiger partial charge in [0.1, 0.15) is 18.7 Å². The molecule has 0 unspecified atom stereocenters. The second-order valence-electron chi connectivity index (χ2n) is 11.5. The number of nitrogens with one attached hydrogen (secondary N) is 3. The van der Waals surface area contributed by atoms with Gasteiger partial charge in [-0.25, -0.2) is 9.69 Å². The first-order valence-electron chi connectivity index (χ1n) is 16.2. The Hall–Kier alpha value is -3.42. The number of amides is 4. The molecule has 46 heavy (non-hydrogen) atoms. The van der Waals surface area contributed by atoms with Crippen molar-refractivity contribution in [1.82, 2.24) is 20.4 Å². The van der Waals surface area contributed by atoms with Crippen LogP contribution < -0.4 is 16.4 Å². The summed E-state index contributed by atoms with van der Waals surface area (Å²) in [6, 6.07) is 6.80. The highest BCUT2D eigenvalue weighted by atomic mass is 35.5. The zero-order chi connectivity index (χ0) is 32.6. The number of benzene rings is 1. The molecule has 2 aliphatic heterocycles. The van der Waals surface area contributed by atoms with Crippen LogP contribution in [0.2, 0.25) is 0 Å². The van der Waals surface area contributed by atoms with Crippen molar-refractivity contribution in [2.24, 2.45) is 5.73 Å². The summed E-state index contributed by atoms with van der Waals surface area (Å²) in [5.74, 6) is -1.38. The molecule has 0 radical (unpaired) electrons. The van der Waals surface area contributed by atoms with Crippen LogP contribution >= 0.6 is 12.4 Å². The van der Waals surface area contributed by atoms with Gasteiger partial charge in [-0.3, -0.25) is 19.8 Å². The minimum Gasteiger partial charge on any atom is -0.444 e. The van der Waals surface area contributed by atoms with Crippen LogP contribution in [0, 0.1) is 5.41 Å². The van der Waals surface area contributed by atoms with E-state index in [1.165, 1.54) is 4.90 Å². The van der Waals surface area contributed by atoms with E-state index in [0.29, 0.717) is 52.0 Å². The average molecular weight is 667 g/mol. The molecule has 2 aliphatic rings. The summed E-state index contributed by atoms with van der Waals surface area (Å²) >= 11 is 0. The summed E-state index contributed by atoms with van der Waals surface area (Å²) in [5, 5.41) is 13.3. The maximum Gasteiger partial charge on any atom is 0.417 e. The summed E-state index contributed by atoms with van der Waals surface area (Å²) in [6.45, 7) is 5.84. The zero-order valence-corrected chi connectivity index (χ0v) is 27.9. The highest BCUT2D eigenvalue weighted by Gasteiger charge is 2.46. The van der Waals surface area contributed by atoms with E-state index in [4.69, 9.17) is 25.4 Å². The molecule has 0 bridgehead atoms. The fourth-order valence-electron chi connectivity index (χ4n) is 5.50. The third kappa shape index (κ3) is 11.7. The number of guanidine groups is 1. The number of nitrogens with two attached hydrogens (primary N) is 1. The van der Waals surface area contributed by atoms with Crippen LogP contribution in [0.1, 0.15) is 83.6 Å². The van der Waals surface area contributed by atoms with Crippen LogP contribution in [0.4, 0.5) is 4.79 Å². The molecule has 1 aromatic carbocycles. The number of halogens is 1. The summed E-state index contributed by atoms with van der Waals surface area (Å²) in [6.07, 6.45) is 4.39. The Labute approximate surface area is 278 Å². The lowest BCUT2D eigenvalue weighted by atomic mass is 10.1. The van der Waals surface area contributed by atoms with Crippen molar-refractivity contribution in [2.75, 3.05) is 26.3 Å². The number of hydrogen-bond donors (Lipinski definition) is 4. The summed E-state index contributed by atoms with van der Waals surface area (Å²) in [5.41, 5.74) is 6.20. The first-order chi connectivity index (χ1) is 21.8. The number of unbranched alkanes of at least 4 members (excludes halogenated alkanes) is 2. The molecular formula is C32H51ClN6O7. The van der Waals surface area contributed by atoms with Crippen LogP contribution in [-0.4, -0.2) is 90.3 Å². The van der Waals surface area contributed by atoms with Gasteiger partial charge in [0, 0.05) is 32.7 Å². The summed E-state index contributed by atoms with van der Waals surface area (Å²) < 4.78 is 17.6. The number of ether oxygens (including phenoxy) is 3. The Kier molecular flexibility index (Phi) is 17.4. The summed E-state index contributed by atoms with van der Waals surface area (Å²) in [7, 11) is 0. The highest BCUT2D eigenvalue weighted by Crippen LogP contribution is 2.27. The molecule has 258 valence electrons. The minimum atomic E-state index is -1.02. The van der Waals surface area contributed by atoms with E-state index >= 15 is 0 Å². The number of hydrogen-bond acceptors (Lipinski definition) is 8. The van der Waals surface area contributed by atoms with Crippen LogP contribution in [-0.2, 0) is 35.2 Å². The molecule has 3 atom stereocenters. The molecular weight excluding hydrogens is 616 g/mol. The van der Waals surface area contributed by atoms with Gasteiger partial charge in [0.2, 0.25) is 17.7 Å². The van der Waals surface area contributed by atoms with Gasteiger partial charge in [-0.15, -0.1) is 12.4 Å². The van der Waals surface area contributed by atoms with Gasteiger partial charge in [-0.1, -0.05) is 57.0 Å². The van der Waals surface area contributed by atoms with Crippen molar-refractivity contribution < 1.29 is 33.4 Å². The molecule has 1 aromatic rings. The molecule has 0 spiro atoms. The lowest BCUT2D eigenvalue weighted by molar-refractivity contribution is -0.166. The monoisotopic (exact) mass is 666 g/mol. The van der Waals surface area contributed by atoms with E-state index in [-0.39, 0.29) is 43.7 Å². The lowest BCUT2D eigenvalue weighted by Crippen LogP contribution is -2.56. The molecule has 3 rings (SSSR count). The SMILES string of the molecule is CCCCOC(OCCCC)[C@H](CCCNC(=N)N)NC(=O)[C@@H]1CCCN1C(=O)[C@@H]1CCC(=O)N1C(=O)OCc1ccccc1.Cl. The Morgan fingerprint density at radius 2 is 1.70 bits per heavy atom. The molecule has 4 amide bonds.